The second-order valence-corrected chi connectivity index (χ2v) is 18.7. The number of aromatic nitrogens is 1. The van der Waals surface area contributed by atoms with Gasteiger partial charge in [-0.3, -0.25) is 0 Å². The van der Waals surface area contributed by atoms with Crippen molar-refractivity contribution in [2.75, 3.05) is 4.90 Å². The van der Waals surface area contributed by atoms with Crippen LogP contribution in [0.25, 0.3) is 77.2 Å². The zero-order chi connectivity index (χ0) is 40.3. The van der Waals surface area contributed by atoms with Crippen LogP contribution in [0.3, 0.4) is 0 Å². The van der Waals surface area contributed by atoms with Crippen LogP contribution in [0, 0.1) is 0 Å². The molecular weight excluding hydrogens is 767 g/mol. The molecule has 0 aliphatic carbocycles. The molecule has 7 heteroatoms. The van der Waals surface area contributed by atoms with Gasteiger partial charge >= 0.3 is 6.85 Å². The van der Waals surface area contributed by atoms with Crippen molar-refractivity contribution in [2.45, 2.75) is 36.0 Å². The number of rotatable bonds is 2. The van der Waals surface area contributed by atoms with Gasteiger partial charge in [-0.05, 0) is 81.6 Å². The molecule has 3 aliphatic heterocycles. The summed E-state index contributed by atoms with van der Waals surface area (Å²) in [7, 11) is 0. The smallest absolute Gasteiger partial charge is 0.336 e. The van der Waals surface area contributed by atoms with Gasteiger partial charge in [-0.2, -0.15) is 0 Å². The van der Waals surface area contributed by atoms with E-state index in [0.717, 1.165) is 93.5 Å². The summed E-state index contributed by atoms with van der Waals surface area (Å²) in [4.78, 5) is 4.68. The molecule has 0 spiro atoms. The van der Waals surface area contributed by atoms with E-state index in [1.54, 1.807) is 11.8 Å². The minimum absolute atomic E-state index is 0.0656. The maximum Gasteiger partial charge on any atom is 0.336 e. The first-order valence-electron chi connectivity index (χ1n) is 20.9. The molecule has 0 bridgehead atoms. The highest BCUT2D eigenvalue weighted by Crippen LogP contribution is 2.55. The molecule has 6 heterocycles. The minimum Gasteiger partial charge on any atom is -0.455 e. The van der Waals surface area contributed by atoms with Crippen LogP contribution in [0.15, 0.2) is 176 Å². The molecule has 11 aromatic rings. The third-order valence-electron chi connectivity index (χ3n) is 13.2. The van der Waals surface area contributed by atoms with E-state index in [1.807, 2.05) is 6.07 Å². The summed E-state index contributed by atoms with van der Waals surface area (Å²) in [5.74, 6) is 1.70. The second kappa shape index (κ2) is 11.8. The molecule has 14 rings (SSSR count). The zero-order valence-electron chi connectivity index (χ0n) is 33.6. The van der Waals surface area contributed by atoms with Crippen molar-refractivity contribution in [3.05, 3.63) is 163 Å². The van der Waals surface area contributed by atoms with Crippen LogP contribution in [-0.2, 0) is 5.41 Å². The first-order chi connectivity index (χ1) is 29.9. The fraction of sp³-hybridized carbons (Fsp3) is 0.0741. The number of ether oxygens (including phenoxy) is 1. The quantitative estimate of drug-likeness (QED) is 0.163. The maximum absolute atomic E-state index is 7.14. The number of para-hydroxylation sites is 4. The Morgan fingerprint density at radius 2 is 1.31 bits per heavy atom. The third kappa shape index (κ3) is 4.48. The summed E-state index contributed by atoms with van der Waals surface area (Å²) >= 11 is 1.77. The first kappa shape index (κ1) is 33.7. The van der Waals surface area contributed by atoms with Crippen LogP contribution in [-0.4, -0.2) is 11.3 Å². The van der Waals surface area contributed by atoms with Gasteiger partial charge in [0.15, 0.2) is 11.3 Å². The van der Waals surface area contributed by atoms with E-state index < -0.39 is 0 Å². The van der Waals surface area contributed by atoms with Crippen molar-refractivity contribution in [1.82, 2.24) is 4.48 Å². The number of nitrogens with zero attached hydrogens (tertiary/aromatic N) is 2. The summed E-state index contributed by atoms with van der Waals surface area (Å²) in [6.45, 7) is 6.62. The Kier molecular flexibility index (Phi) is 6.52. The van der Waals surface area contributed by atoms with Gasteiger partial charge in [0.2, 0.25) is 0 Å². The van der Waals surface area contributed by atoms with E-state index in [0.29, 0.717) is 0 Å². The molecule has 0 amide bonds. The number of hydrogen-bond donors (Lipinski definition) is 0. The van der Waals surface area contributed by atoms with Crippen molar-refractivity contribution in [1.29, 1.82) is 0 Å². The minimum atomic E-state index is -0.249. The highest BCUT2D eigenvalue weighted by molar-refractivity contribution is 7.99. The van der Waals surface area contributed by atoms with E-state index in [2.05, 4.69) is 182 Å². The number of anilines is 3. The lowest BCUT2D eigenvalue weighted by molar-refractivity contribution is 0.455. The molecule has 61 heavy (non-hydrogen) atoms. The molecule has 5 nitrogen and oxygen atoms in total. The van der Waals surface area contributed by atoms with E-state index >= 15 is 0 Å². The van der Waals surface area contributed by atoms with Crippen LogP contribution in [0.1, 0.15) is 26.3 Å². The molecule has 3 aliphatic rings. The van der Waals surface area contributed by atoms with Gasteiger partial charge in [-0.1, -0.05) is 136 Å². The van der Waals surface area contributed by atoms with Gasteiger partial charge in [0.25, 0.3) is 0 Å². The summed E-state index contributed by atoms with van der Waals surface area (Å²) in [5, 5.41) is 5.65. The Balaban J connectivity index is 1.18. The average Bonchev–Trinajstić information content (AvgIpc) is 3.96. The zero-order valence-corrected chi connectivity index (χ0v) is 34.4. The summed E-state index contributed by atoms with van der Waals surface area (Å²) < 4.78 is 23.5. The van der Waals surface area contributed by atoms with Gasteiger partial charge in [0.1, 0.15) is 22.7 Å². The monoisotopic (exact) mass is 802 g/mol. The lowest BCUT2D eigenvalue weighted by Gasteiger charge is -2.41. The number of furan rings is 2. The lowest BCUT2D eigenvalue weighted by Crippen LogP contribution is -2.56. The SMILES string of the molecule is CC(C)(C)c1ccc(N2c3cc4c(cc3B3c5c(cc6c(oc7ccccc76)c52)-c2cccc5c6c7ccccc7oc6n3c25)Sc2ccccc2O4)c(-c2ccccc2)c1. The van der Waals surface area contributed by atoms with Crippen LogP contribution in [0.2, 0.25) is 0 Å². The third-order valence-corrected chi connectivity index (χ3v) is 14.3. The van der Waals surface area contributed by atoms with Crippen molar-refractivity contribution < 1.29 is 13.6 Å². The van der Waals surface area contributed by atoms with E-state index in [4.69, 9.17) is 13.6 Å². The molecule has 288 valence electrons. The summed E-state index contributed by atoms with van der Waals surface area (Å²) in [6.07, 6.45) is 0. The van der Waals surface area contributed by atoms with Crippen LogP contribution >= 0.6 is 11.8 Å². The van der Waals surface area contributed by atoms with Gasteiger partial charge < -0.3 is 22.9 Å². The van der Waals surface area contributed by atoms with Crippen molar-refractivity contribution in [2.24, 2.45) is 0 Å². The molecule has 0 unspecified atom stereocenters. The van der Waals surface area contributed by atoms with E-state index in [-0.39, 0.29) is 12.3 Å². The van der Waals surface area contributed by atoms with Gasteiger partial charge in [-0.25, -0.2) is 0 Å². The van der Waals surface area contributed by atoms with Gasteiger partial charge in [-0.15, -0.1) is 0 Å². The average molecular weight is 803 g/mol. The standard InChI is InChI=1S/C54H35BN2O3S/c1-54(2,3)31-24-25-40(36(26-31)30-14-5-4-6-15-30)56-41-29-45-47(61-46-23-12-11-22-44(46)58-45)28-39(41)55-49-37(27-38-32-16-7-9-20-42(32)59-52(38)51(49)56)33-18-13-19-35-48-34-17-8-10-21-43(34)60-53(48)57(55)50(33)35/h4-29H,1-3H3. The fourth-order valence-electron chi connectivity index (χ4n) is 10.4. The summed E-state index contributed by atoms with van der Waals surface area (Å²) in [5.41, 5.74) is 16.1. The molecular formula is C54H35BN2O3S. The maximum atomic E-state index is 7.14. The Bertz CT molecular complexity index is 3720. The largest absolute Gasteiger partial charge is 0.455 e. The first-order valence-corrected chi connectivity index (χ1v) is 21.8. The molecule has 0 atom stereocenters. The van der Waals surface area contributed by atoms with Gasteiger partial charge in [0.05, 0.1) is 26.6 Å². The number of hydrogen-bond acceptors (Lipinski definition) is 5. The van der Waals surface area contributed by atoms with E-state index in [1.165, 1.54) is 38.5 Å². The molecule has 0 saturated carbocycles. The molecule has 0 radical (unpaired) electrons. The molecule has 0 N–H and O–H groups in total. The number of benzene rings is 8. The molecule has 8 aromatic carbocycles. The molecule has 0 saturated heterocycles. The lowest BCUT2D eigenvalue weighted by atomic mass is 9.45. The molecule has 3 aromatic heterocycles. The van der Waals surface area contributed by atoms with Crippen LogP contribution < -0.4 is 20.6 Å². The van der Waals surface area contributed by atoms with E-state index in [9.17, 15) is 0 Å². The predicted octanol–water partition coefficient (Wildman–Crippen LogP) is 14.1. The van der Waals surface area contributed by atoms with Crippen molar-refractivity contribution in [3.63, 3.8) is 0 Å². The summed E-state index contributed by atoms with van der Waals surface area (Å²) in [6, 6.07) is 56.9. The highest BCUT2D eigenvalue weighted by Gasteiger charge is 2.46. The Hall–Kier alpha value is -7.09. The Morgan fingerprint density at radius 1 is 0.557 bits per heavy atom. The topological polar surface area (TPSA) is 43.7 Å². The van der Waals surface area contributed by atoms with Crippen molar-refractivity contribution >= 4 is 102 Å². The Morgan fingerprint density at radius 3 is 2.16 bits per heavy atom. The highest BCUT2D eigenvalue weighted by atomic mass is 32.2. The fourth-order valence-corrected chi connectivity index (χ4v) is 11.4. The van der Waals surface area contributed by atoms with Crippen LogP contribution in [0.5, 0.6) is 11.5 Å². The second-order valence-electron chi connectivity index (χ2n) is 17.6. The van der Waals surface area contributed by atoms with Crippen LogP contribution in [0.4, 0.5) is 17.1 Å². The number of fused-ring (bicyclic) bond motifs is 15. The van der Waals surface area contributed by atoms with Crippen molar-refractivity contribution in [3.8, 4) is 33.8 Å². The predicted molar refractivity (Wildman–Crippen MR) is 252 cm³/mol. The molecule has 0 fully saturated rings. The normalized spacial score (nSPS) is 13.8. The van der Waals surface area contributed by atoms with Gasteiger partial charge in [0, 0.05) is 49.9 Å². The Labute approximate surface area is 355 Å².